The van der Waals surface area contributed by atoms with Gasteiger partial charge in [0.05, 0.1) is 17.6 Å². The van der Waals surface area contributed by atoms with E-state index in [1.807, 2.05) is 0 Å². The van der Waals surface area contributed by atoms with Crippen LogP contribution in [-0.4, -0.2) is 37.4 Å². The largest absolute Gasteiger partial charge is 0.340 e. The molecule has 3 rings (SSSR count). The van der Waals surface area contributed by atoms with Gasteiger partial charge < -0.3 is 4.90 Å². The maximum atomic E-state index is 13.0. The highest BCUT2D eigenvalue weighted by atomic mass is 19.1. The van der Waals surface area contributed by atoms with Crippen molar-refractivity contribution in [1.29, 1.82) is 0 Å². The van der Waals surface area contributed by atoms with Crippen molar-refractivity contribution >= 4 is 5.91 Å². The van der Waals surface area contributed by atoms with Gasteiger partial charge in [-0.25, -0.2) is 13.8 Å². The molecule has 0 saturated heterocycles. The molecule has 0 bridgehead atoms. The van der Waals surface area contributed by atoms with Crippen LogP contribution in [0.15, 0.2) is 47.5 Å². The first kappa shape index (κ1) is 18.5. The van der Waals surface area contributed by atoms with Gasteiger partial charge >= 0.3 is 0 Å². The smallest absolute Gasteiger partial charge is 0.267 e. The minimum atomic E-state index is -0.313. The van der Waals surface area contributed by atoms with Crippen molar-refractivity contribution in [3.63, 3.8) is 0 Å². The summed E-state index contributed by atoms with van der Waals surface area (Å²) in [6.45, 7) is 3.81. The normalized spacial score (nSPS) is 10.8. The third-order valence-electron chi connectivity index (χ3n) is 4.29. The Kier molecular flexibility index (Phi) is 5.16. The summed E-state index contributed by atoms with van der Waals surface area (Å²) in [5, 5.41) is 8.40. The van der Waals surface area contributed by atoms with Gasteiger partial charge in [0.1, 0.15) is 12.4 Å². The monoisotopic (exact) mass is 369 g/mol. The first-order valence-corrected chi connectivity index (χ1v) is 8.42. The molecule has 1 aromatic carbocycles. The molecule has 140 valence electrons. The van der Waals surface area contributed by atoms with E-state index in [0.717, 1.165) is 16.8 Å². The number of nitrogens with zero attached hydrogens (tertiary/aromatic N) is 5. The van der Waals surface area contributed by atoms with Crippen molar-refractivity contribution in [2.24, 2.45) is 0 Å². The molecule has 27 heavy (non-hydrogen) atoms. The van der Waals surface area contributed by atoms with Crippen molar-refractivity contribution in [2.75, 3.05) is 7.05 Å². The van der Waals surface area contributed by atoms with Crippen LogP contribution in [0.25, 0.3) is 5.69 Å². The zero-order valence-corrected chi connectivity index (χ0v) is 15.4. The van der Waals surface area contributed by atoms with Gasteiger partial charge in [-0.1, -0.05) is 0 Å². The molecule has 0 unspecified atom stereocenters. The molecule has 0 aliphatic rings. The Balaban J connectivity index is 1.67. The fourth-order valence-electron chi connectivity index (χ4n) is 2.57. The Morgan fingerprint density at radius 2 is 1.93 bits per heavy atom. The van der Waals surface area contributed by atoms with Crippen molar-refractivity contribution in [2.45, 2.75) is 26.9 Å². The number of hydrogen-bond acceptors (Lipinski definition) is 4. The van der Waals surface area contributed by atoms with Crippen LogP contribution in [0, 0.1) is 19.7 Å². The van der Waals surface area contributed by atoms with Crippen molar-refractivity contribution in [3.8, 4) is 5.69 Å². The van der Waals surface area contributed by atoms with Gasteiger partial charge in [0.2, 0.25) is 5.91 Å². The molecule has 7 nitrogen and oxygen atoms in total. The summed E-state index contributed by atoms with van der Waals surface area (Å²) < 4.78 is 15.8. The molecule has 3 aromatic rings. The Bertz CT molecular complexity index is 1020. The van der Waals surface area contributed by atoms with Crippen molar-refractivity contribution in [3.05, 3.63) is 75.7 Å². The van der Waals surface area contributed by atoms with Gasteiger partial charge in [-0.2, -0.15) is 10.2 Å². The number of carbonyl (C=O) groups is 1. The van der Waals surface area contributed by atoms with E-state index in [4.69, 9.17) is 0 Å². The average molecular weight is 369 g/mol. The number of likely N-dealkylation sites (N-methyl/N-ethyl adjacent to an activating group) is 1. The Hall–Kier alpha value is -3.29. The molecule has 2 heterocycles. The molecule has 0 atom stereocenters. The van der Waals surface area contributed by atoms with Gasteiger partial charge in [-0.3, -0.25) is 9.59 Å². The van der Waals surface area contributed by atoms with Crippen LogP contribution in [0.5, 0.6) is 0 Å². The third kappa shape index (κ3) is 4.28. The maximum absolute atomic E-state index is 13.0. The highest BCUT2D eigenvalue weighted by molar-refractivity contribution is 5.75. The van der Waals surface area contributed by atoms with E-state index in [2.05, 4.69) is 10.2 Å². The number of carbonyl (C=O) groups excluding carboxylic acids is 1. The van der Waals surface area contributed by atoms with Crippen LogP contribution in [0.3, 0.4) is 0 Å². The maximum Gasteiger partial charge on any atom is 0.267 e. The summed E-state index contributed by atoms with van der Waals surface area (Å²) in [7, 11) is 1.66. The molecule has 2 aromatic heterocycles. The topological polar surface area (TPSA) is 73.0 Å². The lowest BCUT2D eigenvalue weighted by molar-refractivity contribution is -0.131. The zero-order valence-electron chi connectivity index (χ0n) is 15.4. The first-order valence-electron chi connectivity index (χ1n) is 8.42. The van der Waals surface area contributed by atoms with Gasteiger partial charge in [0.15, 0.2) is 0 Å². The van der Waals surface area contributed by atoms with E-state index in [0.29, 0.717) is 12.2 Å². The lowest BCUT2D eigenvalue weighted by atomic mass is 10.2. The number of amides is 1. The second-order valence-corrected chi connectivity index (χ2v) is 6.43. The van der Waals surface area contributed by atoms with Gasteiger partial charge in [-0.05, 0) is 43.7 Å². The van der Waals surface area contributed by atoms with Gasteiger partial charge in [0, 0.05) is 31.4 Å². The summed E-state index contributed by atoms with van der Waals surface area (Å²) in [5.74, 6) is -0.547. The molecule has 8 heteroatoms. The highest BCUT2D eigenvalue weighted by Crippen LogP contribution is 2.11. The van der Waals surface area contributed by atoms with Gasteiger partial charge in [0.25, 0.3) is 5.56 Å². The zero-order chi connectivity index (χ0) is 19.6. The summed E-state index contributed by atoms with van der Waals surface area (Å²) >= 11 is 0. The number of halogens is 1. The Labute approximate surface area is 155 Å². The highest BCUT2D eigenvalue weighted by Gasteiger charge is 2.14. The molecule has 0 aliphatic carbocycles. The minimum Gasteiger partial charge on any atom is -0.340 e. The molecular formula is C19H20FN5O2. The fourth-order valence-corrected chi connectivity index (χ4v) is 2.57. The average Bonchev–Trinajstić information content (AvgIpc) is 3.08. The van der Waals surface area contributed by atoms with Crippen LogP contribution in [0.4, 0.5) is 4.39 Å². The van der Waals surface area contributed by atoms with E-state index in [-0.39, 0.29) is 23.8 Å². The summed E-state index contributed by atoms with van der Waals surface area (Å²) in [6, 6.07) is 7.45. The van der Waals surface area contributed by atoms with Crippen LogP contribution < -0.4 is 5.56 Å². The number of benzene rings is 1. The third-order valence-corrected chi connectivity index (χ3v) is 4.29. The summed E-state index contributed by atoms with van der Waals surface area (Å²) in [4.78, 5) is 25.9. The second kappa shape index (κ2) is 7.53. The van der Waals surface area contributed by atoms with Crippen LogP contribution in [0.1, 0.15) is 16.8 Å². The molecule has 0 fully saturated rings. The molecule has 0 N–H and O–H groups in total. The molecule has 0 radical (unpaired) electrons. The fraction of sp³-hybridized carbons (Fsp3) is 0.263. The van der Waals surface area contributed by atoms with E-state index >= 15 is 0 Å². The van der Waals surface area contributed by atoms with Crippen LogP contribution >= 0.6 is 0 Å². The van der Waals surface area contributed by atoms with Crippen LogP contribution in [-0.2, 0) is 17.9 Å². The van der Waals surface area contributed by atoms with Crippen LogP contribution in [0.2, 0.25) is 0 Å². The lowest BCUT2D eigenvalue weighted by Crippen LogP contribution is -2.35. The standard InChI is InChI=1S/C19H20FN5O2/c1-13-8-18(26)25(22-14(13)2)12-19(27)23(3)10-15-9-21-24(11-15)17-6-4-16(20)5-7-17/h4-9,11H,10,12H2,1-3H3. The number of aryl methyl sites for hydroxylation is 2. The van der Waals surface area contributed by atoms with Crippen molar-refractivity contribution in [1.82, 2.24) is 24.5 Å². The second-order valence-electron chi connectivity index (χ2n) is 6.43. The number of hydrogen-bond donors (Lipinski definition) is 0. The van der Waals surface area contributed by atoms with E-state index in [1.165, 1.54) is 27.8 Å². The minimum absolute atomic E-state index is 0.122. The quantitative estimate of drug-likeness (QED) is 0.688. The SMILES string of the molecule is Cc1cc(=O)n(CC(=O)N(C)Cc2cnn(-c3ccc(F)cc3)c2)nc1C. The Morgan fingerprint density at radius 3 is 2.63 bits per heavy atom. The first-order chi connectivity index (χ1) is 12.8. The van der Waals surface area contributed by atoms with E-state index in [9.17, 15) is 14.0 Å². The van der Waals surface area contributed by atoms with Crippen molar-refractivity contribution < 1.29 is 9.18 Å². The summed E-state index contributed by atoms with van der Waals surface area (Å²) in [5.41, 5.74) is 2.75. The number of aromatic nitrogens is 4. The predicted octanol–water partition coefficient (Wildman–Crippen LogP) is 1.84. The Morgan fingerprint density at radius 1 is 1.22 bits per heavy atom. The molecule has 0 spiro atoms. The molecular weight excluding hydrogens is 349 g/mol. The molecule has 1 amide bonds. The molecule has 0 saturated carbocycles. The van der Waals surface area contributed by atoms with E-state index < -0.39 is 0 Å². The summed E-state index contributed by atoms with van der Waals surface area (Å²) in [6.07, 6.45) is 3.42. The molecule has 0 aliphatic heterocycles. The lowest BCUT2D eigenvalue weighted by Gasteiger charge is -2.16. The predicted molar refractivity (Wildman–Crippen MR) is 98.0 cm³/mol. The van der Waals surface area contributed by atoms with E-state index in [1.54, 1.807) is 50.1 Å². The number of rotatable bonds is 5. The van der Waals surface area contributed by atoms with Gasteiger partial charge in [-0.15, -0.1) is 0 Å².